The lowest BCUT2D eigenvalue weighted by molar-refractivity contribution is -0.169. The van der Waals surface area contributed by atoms with Crippen molar-refractivity contribution in [3.8, 4) is 0 Å². The summed E-state index contributed by atoms with van der Waals surface area (Å²) >= 11 is 0. The summed E-state index contributed by atoms with van der Waals surface area (Å²) in [5.41, 5.74) is -0.231. The number of nitrogens with zero attached hydrogens (tertiary/aromatic N) is 2. The third-order valence-electron chi connectivity index (χ3n) is 4.41. The monoisotopic (exact) mass is 417 g/mol. The standard InChI is InChI=1S/C20H23N3O7/c1-20(2)29-16(14(11-27-3)28-12-24)18(30-20)23-10-9-15(22-19(23)26)21-17(25)13-7-5-4-6-8-13/h4-10,12,14,16,18H,11H2,1-3H3,(H,21,22,25,26)/t14-,16-,18+/m1/s1. The van der Waals surface area contributed by atoms with E-state index in [1.807, 2.05) is 0 Å². The molecule has 1 saturated heterocycles. The van der Waals surface area contributed by atoms with Gasteiger partial charge < -0.3 is 24.3 Å². The molecule has 1 aliphatic heterocycles. The molecule has 10 heteroatoms. The van der Waals surface area contributed by atoms with Crippen LogP contribution in [0.2, 0.25) is 0 Å². The Hall–Kier alpha value is -3.08. The number of anilines is 1. The molecule has 1 aromatic carbocycles. The minimum absolute atomic E-state index is 0.0484. The number of carbonyl (C=O) groups excluding carboxylic acids is 2. The van der Waals surface area contributed by atoms with E-state index in [0.717, 1.165) is 0 Å². The van der Waals surface area contributed by atoms with Crippen LogP contribution in [0.4, 0.5) is 5.82 Å². The number of nitrogens with one attached hydrogen (secondary N) is 1. The third-order valence-corrected chi connectivity index (χ3v) is 4.41. The molecule has 3 rings (SSSR count). The van der Waals surface area contributed by atoms with Crippen LogP contribution in [-0.2, 0) is 23.7 Å². The van der Waals surface area contributed by atoms with Gasteiger partial charge in [-0.15, -0.1) is 0 Å². The Balaban J connectivity index is 1.84. The number of hydrogen-bond acceptors (Lipinski definition) is 8. The zero-order valence-electron chi connectivity index (χ0n) is 16.8. The van der Waals surface area contributed by atoms with Gasteiger partial charge in [-0.05, 0) is 32.0 Å². The number of benzene rings is 1. The van der Waals surface area contributed by atoms with E-state index in [9.17, 15) is 14.4 Å². The molecule has 0 bridgehead atoms. The molecule has 1 fully saturated rings. The predicted octanol–water partition coefficient (Wildman–Crippen LogP) is 1.33. The van der Waals surface area contributed by atoms with Crippen LogP contribution in [-0.4, -0.2) is 53.6 Å². The van der Waals surface area contributed by atoms with Gasteiger partial charge in [0.05, 0.1) is 6.61 Å². The Morgan fingerprint density at radius 2 is 2.03 bits per heavy atom. The van der Waals surface area contributed by atoms with Crippen molar-refractivity contribution in [3.63, 3.8) is 0 Å². The van der Waals surface area contributed by atoms with Crippen molar-refractivity contribution in [2.24, 2.45) is 0 Å². The summed E-state index contributed by atoms with van der Waals surface area (Å²) in [6.45, 7) is 3.70. The maximum Gasteiger partial charge on any atom is 0.351 e. The molecule has 160 valence electrons. The van der Waals surface area contributed by atoms with E-state index in [-0.39, 0.29) is 18.3 Å². The summed E-state index contributed by atoms with van der Waals surface area (Å²) in [6.07, 6.45) is -1.10. The van der Waals surface area contributed by atoms with Crippen LogP contribution in [0.3, 0.4) is 0 Å². The molecule has 0 saturated carbocycles. The zero-order chi connectivity index (χ0) is 21.7. The Bertz CT molecular complexity index is 945. The Morgan fingerprint density at radius 1 is 1.30 bits per heavy atom. The van der Waals surface area contributed by atoms with E-state index in [1.54, 1.807) is 44.2 Å². The van der Waals surface area contributed by atoms with Gasteiger partial charge in [0.25, 0.3) is 12.4 Å². The topological polar surface area (TPSA) is 118 Å². The van der Waals surface area contributed by atoms with Gasteiger partial charge in [-0.25, -0.2) is 4.79 Å². The largest absolute Gasteiger partial charge is 0.459 e. The second-order valence-corrected chi connectivity index (χ2v) is 7.04. The maximum atomic E-state index is 12.7. The lowest BCUT2D eigenvalue weighted by Gasteiger charge is -2.25. The fourth-order valence-electron chi connectivity index (χ4n) is 3.15. The molecule has 0 radical (unpaired) electrons. The normalized spacial score (nSPS) is 21.0. The lowest BCUT2D eigenvalue weighted by atomic mass is 10.2. The Morgan fingerprint density at radius 3 is 2.67 bits per heavy atom. The number of aromatic nitrogens is 2. The Kier molecular flexibility index (Phi) is 6.60. The SMILES string of the molecule is COC[C@@H](OC=O)[C@H]1OC(C)(C)O[C@@H]1n1ccc(NC(=O)c2ccccc2)nc1=O. The van der Waals surface area contributed by atoms with Crippen LogP contribution in [0.1, 0.15) is 30.4 Å². The van der Waals surface area contributed by atoms with Crippen LogP contribution in [0, 0.1) is 0 Å². The number of ether oxygens (including phenoxy) is 4. The lowest BCUT2D eigenvalue weighted by Crippen LogP contribution is -2.41. The smallest absolute Gasteiger partial charge is 0.351 e. The van der Waals surface area contributed by atoms with E-state index >= 15 is 0 Å². The molecular formula is C20H23N3O7. The van der Waals surface area contributed by atoms with Crippen molar-refractivity contribution in [3.05, 3.63) is 58.6 Å². The van der Waals surface area contributed by atoms with Crippen molar-refractivity contribution < 1.29 is 28.5 Å². The maximum absolute atomic E-state index is 12.7. The average Bonchev–Trinajstić information content (AvgIpc) is 3.03. The molecule has 0 unspecified atom stereocenters. The highest BCUT2D eigenvalue weighted by atomic mass is 16.8. The molecule has 0 spiro atoms. The van der Waals surface area contributed by atoms with Crippen LogP contribution < -0.4 is 11.0 Å². The summed E-state index contributed by atoms with van der Waals surface area (Å²) in [4.78, 5) is 39.7. The second kappa shape index (κ2) is 9.16. The van der Waals surface area contributed by atoms with Crippen molar-refractivity contribution in [1.82, 2.24) is 9.55 Å². The molecule has 1 aliphatic rings. The predicted molar refractivity (Wildman–Crippen MR) is 105 cm³/mol. The minimum Gasteiger partial charge on any atom is -0.459 e. The highest BCUT2D eigenvalue weighted by Crippen LogP contribution is 2.36. The van der Waals surface area contributed by atoms with Crippen molar-refractivity contribution in [2.45, 2.75) is 38.1 Å². The van der Waals surface area contributed by atoms with Crippen LogP contribution in [0.15, 0.2) is 47.4 Å². The number of methoxy groups -OCH3 is 1. The Labute approximate surface area is 172 Å². The first-order valence-electron chi connectivity index (χ1n) is 9.24. The summed E-state index contributed by atoms with van der Waals surface area (Å²) in [5.74, 6) is -1.33. The number of carbonyl (C=O) groups is 2. The van der Waals surface area contributed by atoms with Crippen molar-refractivity contribution in [2.75, 3.05) is 19.0 Å². The van der Waals surface area contributed by atoms with E-state index in [2.05, 4.69) is 10.3 Å². The number of amides is 1. The quantitative estimate of drug-likeness (QED) is 0.639. The molecule has 0 aliphatic carbocycles. The van der Waals surface area contributed by atoms with Gasteiger partial charge in [-0.1, -0.05) is 18.2 Å². The first-order chi connectivity index (χ1) is 14.3. The van der Waals surface area contributed by atoms with E-state index in [0.29, 0.717) is 12.0 Å². The molecule has 3 atom stereocenters. The van der Waals surface area contributed by atoms with Crippen LogP contribution in [0.25, 0.3) is 0 Å². The highest BCUT2D eigenvalue weighted by Gasteiger charge is 2.47. The number of rotatable bonds is 8. The molecule has 10 nitrogen and oxygen atoms in total. The molecule has 30 heavy (non-hydrogen) atoms. The highest BCUT2D eigenvalue weighted by molar-refractivity contribution is 6.03. The molecule has 2 aromatic rings. The first-order valence-corrected chi connectivity index (χ1v) is 9.24. The van der Waals surface area contributed by atoms with Crippen LogP contribution >= 0.6 is 0 Å². The molecule has 2 heterocycles. The summed E-state index contributed by atoms with van der Waals surface area (Å²) in [7, 11) is 1.45. The third kappa shape index (κ3) is 4.90. The minimum atomic E-state index is -1.03. The summed E-state index contributed by atoms with van der Waals surface area (Å²) in [5, 5.41) is 2.58. The molecule has 1 N–H and O–H groups in total. The zero-order valence-corrected chi connectivity index (χ0v) is 16.8. The summed E-state index contributed by atoms with van der Waals surface area (Å²) < 4.78 is 23.1. The van der Waals surface area contributed by atoms with Crippen molar-refractivity contribution in [1.29, 1.82) is 0 Å². The first kappa shape index (κ1) is 21.6. The molecule has 1 amide bonds. The van der Waals surface area contributed by atoms with E-state index in [1.165, 1.54) is 23.9 Å². The van der Waals surface area contributed by atoms with Gasteiger partial charge in [0, 0.05) is 18.9 Å². The van der Waals surface area contributed by atoms with Crippen LogP contribution in [0.5, 0.6) is 0 Å². The van der Waals surface area contributed by atoms with Gasteiger partial charge in [0.2, 0.25) is 0 Å². The van der Waals surface area contributed by atoms with Gasteiger partial charge in [-0.2, -0.15) is 4.98 Å². The molecule has 1 aromatic heterocycles. The van der Waals surface area contributed by atoms with Gasteiger partial charge >= 0.3 is 5.69 Å². The fraction of sp³-hybridized carbons (Fsp3) is 0.400. The van der Waals surface area contributed by atoms with Gasteiger partial charge in [0.1, 0.15) is 11.9 Å². The number of hydrogen-bond donors (Lipinski definition) is 1. The van der Waals surface area contributed by atoms with Crippen molar-refractivity contribution >= 4 is 18.2 Å². The summed E-state index contributed by atoms with van der Waals surface area (Å²) in [6, 6.07) is 10.0. The molecular weight excluding hydrogens is 394 g/mol. The van der Waals surface area contributed by atoms with Gasteiger partial charge in [0.15, 0.2) is 18.1 Å². The van der Waals surface area contributed by atoms with E-state index in [4.69, 9.17) is 18.9 Å². The average molecular weight is 417 g/mol. The van der Waals surface area contributed by atoms with E-state index < -0.39 is 29.9 Å². The fourth-order valence-corrected chi connectivity index (χ4v) is 3.15. The van der Waals surface area contributed by atoms with Gasteiger partial charge in [-0.3, -0.25) is 14.2 Å². The second-order valence-electron chi connectivity index (χ2n) is 7.04.